The van der Waals surface area contributed by atoms with E-state index in [2.05, 4.69) is 11.1 Å². The van der Waals surface area contributed by atoms with Gasteiger partial charge in [-0.2, -0.15) is 0 Å². The fourth-order valence-electron chi connectivity index (χ4n) is 5.92. The minimum absolute atomic E-state index is 0.0491. The SMILES string of the molecule is CN1CC(=O)N2[C@H](c3ccc4c(c3)OCO4)c3[nH]c4ccccc4c3[C@@H](c3ccccc3)[C@@H]2C1=O. The summed E-state index contributed by atoms with van der Waals surface area (Å²) in [6.45, 7) is 0.221. The average Bonchev–Trinajstić information content (AvgIpc) is 3.50. The maximum atomic E-state index is 13.8. The topological polar surface area (TPSA) is 74.9 Å². The molecule has 4 aromatic rings. The molecule has 1 fully saturated rings. The first-order chi connectivity index (χ1) is 17.1. The van der Waals surface area contributed by atoms with Gasteiger partial charge in [0.25, 0.3) is 0 Å². The third-order valence-electron chi connectivity index (χ3n) is 7.42. The van der Waals surface area contributed by atoms with Gasteiger partial charge in [-0.3, -0.25) is 9.59 Å². The molecule has 7 heteroatoms. The summed E-state index contributed by atoms with van der Waals surface area (Å²) < 4.78 is 11.2. The highest BCUT2D eigenvalue weighted by Gasteiger charge is 2.52. The summed E-state index contributed by atoms with van der Waals surface area (Å²) >= 11 is 0. The monoisotopic (exact) mass is 465 g/mol. The minimum atomic E-state index is -0.661. The number of aromatic amines is 1. The van der Waals surface area contributed by atoms with Gasteiger partial charge in [0, 0.05) is 29.6 Å². The third-order valence-corrected chi connectivity index (χ3v) is 7.42. The molecule has 3 aromatic carbocycles. The second kappa shape index (κ2) is 7.37. The van der Waals surface area contributed by atoms with E-state index in [0.717, 1.165) is 33.3 Å². The van der Waals surface area contributed by atoms with Crippen molar-refractivity contribution in [1.29, 1.82) is 0 Å². The Bertz CT molecular complexity index is 1490. The molecular formula is C28H23N3O4. The van der Waals surface area contributed by atoms with Gasteiger partial charge >= 0.3 is 0 Å². The molecule has 35 heavy (non-hydrogen) atoms. The van der Waals surface area contributed by atoms with Gasteiger partial charge in [0.1, 0.15) is 6.04 Å². The largest absolute Gasteiger partial charge is 0.454 e. The number of nitrogens with zero attached hydrogens (tertiary/aromatic N) is 2. The van der Waals surface area contributed by atoms with Crippen molar-refractivity contribution < 1.29 is 19.1 Å². The van der Waals surface area contributed by atoms with Crippen molar-refractivity contribution in [3.05, 3.63) is 95.2 Å². The molecule has 3 aliphatic rings. The fraction of sp³-hybridized carbons (Fsp3) is 0.214. The Morgan fingerprint density at radius 1 is 0.886 bits per heavy atom. The maximum Gasteiger partial charge on any atom is 0.246 e. The number of H-pyrrole nitrogens is 1. The van der Waals surface area contributed by atoms with Crippen molar-refractivity contribution >= 4 is 22.7 Å². The lowest BCUT2D eigenvalue weighted by molar-refractivity contribution is -0.158. The van der Waals surface area contributed by atoms with Gasteiger partial charge in [-0.1, -0.05) is 54.6 Å². The smallest absolute Gasteiger partial charge is 0.246 e. The Balaban J connectivity index is 1.54. The van der Waals surface area contributed by atoms with E-state index in [1.807, 2.05) is 66.7 Å². The number of hydrogen-bond acceptors (Lipinski definition) is 4. The lowest BCUT2D eigenvalue weighted by atomic mass is 9.75. The number of carbonyl (C=O) groups is 2. The predicted molar refractivity (Wildman–Crippen MR) is 129 cm³/mol. The Hall–Kier alpha value is -4.26. The van der Waals surface area contributed by atoms with Crippen LogP contribution in [0.3, 0.4) is 0 Å². The highest BCUT2D eigenvalue weighted by Crippen LogP contribution is 2.51. The molecule has 1 N–H and O–H groups in total. The van der Waals surface area contributed by atoms with E-state index < -0.39 is 12.1 Å². The van der Waals surface area contributed by atoms with Gasteiger partial charge in [0.2, 0.25) is 18.6 Å². The third kappa shape index (κ3) is 2.84. The Kier molecular flexibility index (Phi) is 4.24. The number of likely N-dealkylation sites (N-methyl/N-ethyl adjacent to an activating group) is 1. The van der Waals surface area contributed by atoms with Crippen LogP contribution in [0.15, 0.2) is 72.8 Å². The highest BCUT2D eigenvalue weighted by molar-refractivity contribution is 5.99. The Labute approximate surface area is 201 Å². The summed E-state index contributed by atoms with van der Waals surface area (Å²) in [6, 6.07) is 22.8. The van der Waals surface area contributed by atoms with Crippen molar-refractivity contribution in [3.63, 3.8) is 0 Å². The van der Waals surface area contributed by atoms with Crippen LogP contribution in [0.2, 0.25) is 0 Å². The summed E-state index contributed by atoms with van der Waals surface area (Å²) in [5.74, 6) is 0.896. The first-order valence-electron chi connectivity index (χ1n) is 11.7. The van der Waals surface area contributed by atoms with Crippen molar-refractivity contribution in [2.75, 3.05) is 20.4 Å². The second-order valence-electron chi connectivity index (χ2n) is 9.34. The predicted octanol–water partition coefficient (Wildman–Crippen LogP) is 3.80. The molecule has 4 heterocycles. The van der Waals surface area contributed by atoms with Gasteiger partial charge in [-0.15, -0.1) is 0 Å². The fourth-order valence-corrected chi connectivity index (χ4v) is 5.92. The number of aromatic nitrogens is 1. The molecule has 7 rings (SSSR count). The number of benzene rings is 3. The number of carbonyl (C=O) groups excluding carboxylic acids is 2. The van der Waals surface area contributed by atoms with E-state index in [9.17, 15) is 9.59 Å². The molecule has 0 bridgehead atoms. The van der Waals surface area contributed by atoms with Gasteiger partial charge in [-0.05, 0) is 34.9 Å². The number of hydrogen-bond donors (Lipinski definition) is 1. The molecule has 0 saturated carbocycles. The van der Waals surface area contributed by atoms with Crippen molar-refractivity contribution in [2.24, 2.45) is 0 Å². The van der Waals surface area contributed by atoms with E-state index in [4.69, 9.17) is 9.47 Å². The second-order valence-corrected chi connectivity index (χ2v) is 9.34. The molecule has 7 nitrogen and oxygen atoms in total. The van der Waals surface area contributed by atoms with Crippen molar-refractivity contribution in [3.8, 4) is 11.5 Å². The highest BCUT2D eigenvalue weighted by atomic mass is 16.7. The van der Waals surface area contributed by atoms with Crippen LogP contribution < -0.4 is 9.47 Å². The lowest BCUT2D eigenvalue weighted by Crippen LogP contribution is -2.63. The molecule has 1 saturated heterocycles. The maximum absolute atomic E-state index is 13.8. The molecule has 1 aromatic heterocycles. The van der Waals surface area contributed by atoms with Crippen LogP contribution in [0.1, 0.15) is 34.3 Å². The van der Waals surface area contributed by atoms with Gasteiger partial charge < -0.3 is 24.3 Å². The summed E-state index contributed by atoms with van der Waals surface area (Å²) in [5.41, 5.74) is 4.86. The first kappa shape index (κ1) is 20.1. The van der Waals surface area contributed by atoms with E-state index in [0.29, 0.717) is 11.5 Å². The van der Waals surface area contributed by atoms with Crippen LogP contribution in [-0.4, -0.2) is 53.0 Å². The number of nitrogens with one attached hydrogen (secondary N) is 1. The van der Waals surface area contributed by atoms with Crippen LogP contribution in [0, 0.1) is 0 Å². The zero-order valence-corrected chi connectivity index (χ0v) is 19.1. The quantitative estimate of drug-likeness (QED) is 0.489. The first-order valence-corrected chi connectivity index (χ1v) is 11.7. The molecule has 2 amide bonds. The Morgan fingerprint density at radius 2 is 1.66 bits per heavy atom. The average molecular weight is 466 g/mol. The summed E-state index contributed by atoms with van der Waals surface area (Å²) in [7, 11) is 1.71. The zero-order chi connectivity index (χ0) is 23.7. The number of piperazine rings is 1. The number of para-hydroxylation sites is 1. The number of fused-ring (bicyclic) bond motifs is 5. The van der Waals surface area contributed by atoms with E-state index >= 15 is 0 Å². The van der Waals surface area contributed by atoms with E-state index in [1.165, 1.54) is 0 Å². The lowest BCUT2D eigenvalue weighted by Gasteiger charge is -2.49. The molecule has 0 spiro atoms. The molecule has 174 valence electrons. The number of rotatable bonds is 2. The standard InChI is InChI=1S/C28H23N3O4/c1-30-14-22(32)31-26(17-11-12-20-21(13-17)35-15-34-20)25-24(18-9-5-6-10-19(18)29-25)23(27(31)28(30)33)16-7-3-2-4-8-16/h2-13,23,26-27,29H,14-15H2,1H3/t23-,26-,27-/m1/s1. The zero-order valence-electron chi connectivity index (χ0n) is 19.1. The molecule has 3 aliphatic heterocycles. The van der Waals surface area contributed by atoms with Crippen LogP contribution in [0.4, 0.5) is 0 Å². The van der Waals surface area contributed by atoms with Gasteiger partial charge in [-0.25, -0.2) is 0 Å². The van der Waals surface area contributed by atoms with E-state index in [-0.39, 0.29) is 31.1 Å². The normalized spacial score (nSPS) is 22.9. The van der Waals surface area contributed by atoms with Crippen molar-refractivity contribution in [1.82, 2.24) is 14.8 Å². The molecular weight excluding hydrogens is 442 g/mol. The van der Waals surface area contributed by atoms with Crippen LogP contribution in [-0.2, 0) is 9.59 Å². The minimum Gasteiger partial charge on any atom is -0.454 e. The number of amides is 2. The summed E-state index contributed by atoms with van der Waals surface area (Å²) in [4.78, 5) is 34.4. The van der Waals surface area contributed by atoms with Gasteiger partial charge in [0.05, 0.1) is 12.6 Å². The molecule has 3 atom stereocenters. The molecule has 0 radical (unpaired) electrons. The summed E-state index contributed by atoms with van der Waals surface area (Å²) in [5, 5.41) is 1.07. The summed E-state index contributed by atoms with van der Waals surface area (Å²) in [6.07, 6.45) is 0. The van der Waals surface area contributed by atoms with Crippen molar-refractivity contribution in [2.45, 2.75) is 18.0 Å². The Morgan fingerprint density at radius 3 is 2.51 bits per heavy atom. The number of ether oxygens (including phenoxy) is 2. The molecule has 0 aliphatic carbocycles. The van der Waals surface area contributed by atoms with E-state index in [1.54, 1.807) is 16.8 Å². The molecule has 0 unspecified atom stereocenters. The van der Waals surface area contributed by atoms with Crippen LogP contribution in [0.25, 0.3) is 10.9 Å². The van der Waals surface area contributed by atoms with Gasteiger partial charge in [0.15, 0.2) is 11.5 Å². The van der Waals surface area contributed by atoms with Crippen LogP contribution in [0.5, 0.6) is 11.5 Å². The van der Waals surface area contributed by atoms with Crippen LogP contribution >= 0.6 is 0 Å².